The minimum Gasteiger partial charge on any atom is -0.316 e. The molecule has 1 aromatic rings. The lowest BCUT2D eigenvalue weighted by atomic mass is 10.2. The maximum atomic E-state index is 11.7. The number of hydrogen-bond acceptors (Lipinski definition) is 4. The van der Waals surface area contributed by atoms with Crippen molar-refractivity contribution in [1.82, 2.24) is 10.3 Å². The van der Waals surface area contributed by atoms with Crippen LogP contribution in [0.15, 0.2) is 11.7 Å². The number of nitrogens with zero attached hydrogens (tertiary/aromatic N) is 1. The average molecular weight is 230 g/mol. The Balaban J connectivity index is 1.78. The maximum Gasteiger partial charge on any atom is 0.0794 e. The topological polar surface area (TPSA) is 42.0 Å². The third kappa shape index (κ3) is 2.87. The Hall–Kier alpha value is -0.260. The molecule has 1 N–H and O–H groups in total. The first-order chi connectivity index (χ1) is 6.84. The van der Waals surface area contributed by atoms with Gasteiger partial charge in [0, 0.05) is 27.6 Å². The smallest absolute Gasteiger partial charge is 0.0794 e. The molecular formula is C9H14N2OS2. The number of rotatable bonds is 4. The van der Waals surface area contributed by atoms with Crippen LogP contribution in [0.5, 0.6) is 0 Å². The molecule has 0 amide bonds. The van der Waals surface area contributed by atoms with E-state index in [0.717, 1.165) is 23.7 Å². The van der Waals surface area contributed by atoms with E-state index in [1.807, 2.05) is 6.20 Å². The van der Waals surface area contributed by atoms with Gasteiger partial charge in [-0.1, -0.05) is 0 Å². The molecule has 78 valence electrons. The van der Waals surface area contributed by atoms with Crippen LogP contribution in [-0.4, -0.2) is 28.0 Å². The predicted octanol–water partition coefficient (Wildman–Crippen LogP) is 1.00. The molecule has 2 heterocycles. The second-order valence-electron chi connectivity index (χ2n) is 3.58. The first-order valence-electron chi connectivity index (χ1n) is 4.77. The quantitative estimate of drug-likeness (QED) is 0.839. The minimum absolute atomic E-state index is 0.615. The van der Waals surface area contributed by atoms with Crippen LogP contribution in [0.25, 0.3) is 0 Å². The SMILES string of the molecule is O=[S@@](Cc1cncs1)C[C@@H]1CCNC1. The summed E-state index contributed by atoms with van der Waals surface area (Å²) in [6.07, 6.45) is 2.99. The molecule has 1 saturated heterocycles. The van der Waals surface area contributed by atoms with E-state index in [2.05, 4.69) is 10.3 Å². The number of aromatic nitrogens is 1. The van der Waals surface area contributed by atoms with Gasteiger partial charge in [-0.05, 0) is 25.4 Å². The summed E-state index contributed by atoms with van der Waals surface area (Å²) in [5.41, 5.74) is 1.80. The van der Waals surface area contributed by atoms with Crippen LogP contribution in [0.1, 0.15) is 11.3 Å². The van der Waals surface area contributed by atoms with Crippen LogP contribution >= 0.6 is 11.3 Å². The van der Waals surface area contributed by atoms with Gasteiger partial charge in [-0.15, -0.1) is 11.3 Å². The second kappa shape index (κ2) is 5.00. The van der Waals surface area contributed by atoms with Crippen LogP contribution in [0.3, 0.4) is 0 Å². The van der Waals surface area contributed by atoms with Crippen LogP contribution in [0.4, 0.5) is 0 Å². The fourth-order valence-electron chi connectivity index (χ4n) is 1.65. The first-order valence-corrected chi connectivity index (χ1v) is 7.14. The summed E-state index contributed by atoms with van der Waals surface area (Å²) in [5.74, 6) is 2.13. The van der Waals surface area contributed by atoms with Gasteiger partial charge in [0.05, 0.1) is 11.3 Å². The van der Waals surface area contributed by atoms with E-state index >= 15 is 0 Å². The summed E-state index contributed by atoms with van der Waals surface area (Å²) in [4.78, 5) is 5.11. The normalized spacial score (nSPS) is 23.9. The van der Waals surface area contributed by atoms with Gasteiger partial charge in [0.15, 0.2) is 0 Å². The average Bonchev–Trinajstić information content (AvgIpc) is 2.76. The van der Waals surface area contributed by atoms with Gasteiger partial charge in [-0.25, -0.2) is 0 Å². The lowest BCUT2D eigenvalue weighted by Gasteiger charge is -2.06. The van der Waals surface area contributed by atoms with E-state index in [-0.39, 0.29) is 0 Å². The molecule has 5 heteroatoms. The van der Waals surface area contributed by atoms with Crippen molar-refractivity contribution in [2.45, 2.75) is 12.2 Å². The van der Waals surface area contributed by atoms with Crippen LogP contribution < -0.4 is 5.32 Å². The number of nitrogens with one attached hydrogen (secondary N) is 1. The lowest BCUT2D eigenvalue weighted by molar-refractivity contribution is 0.632. The van der Waals surface area contributed by atoms with Crippen LogP contribution in [0.2, 0.25) is 0 Å². The van der Waals surface area contributed by atoms with Crippen LogP contribution in [0, 0.1) is 5.92 Å². The molecule has 0 spiro atoms. The molecular weight excluding hydrogens is 216 g/mol. The zero-order valence-corrected chi connectivity index (χ0v) is 9.57. The van der Waals surface area contributed by atoms with Gasteiger partial charge in [0.25, 0.3) is 0 Å². The number of thiazole rings is 1. The van der Waals surface area contributed by atoms with Gasteiger partial charge in [0.1, 0.15) is 0 Å². The maximum absolute atomic E-state index is 11.7. The van der Waals surface area contributed by atoms with Crippen molar-refractivity contribution < 1.29 is 4.21 Å². The van der Waals surface area contributed by atoms with Crippen molar-refractivity contribution >= 4 is 22.1 Å². The Bertz CT molecular complexity index is 294. The van der Waals surface area contributed by atoms with Crippen molar-refractivity contribution in [1.29, 1.82) is 0 Å². The molecule has 1 fully saturated rings. The molecule has 0 unspecified atom stereocenters. The summed E-state index contributed by atoms with van der Waals surface area (Å²) in [6, 6.07) is 0. The fraction of sp³-hybridized carbons (Fsp3) is 0.667. The van der Waals surface area contributed by atoms with Gasteiger partial charge in [-0.3, -0.25) is 9.19 Å². The molecule has 0 saturated carbocycles. The molecule has 14 heavy (non-hydrogen) atoms. The summed E-state index contributed by atoms with van der Waals surface area (Å²) in [7, 11) is -0.709. The van der Waals surface area contributed by atoms with Crippen molar-refractivity contribution in [3.8, 4) is 0 Å². The molecule has 0 aromatic carbocycles. The summed E-state index contributed by atoms with van der Waals surface area (Å²) in [6.45, 7) is 2.12. The molecule has 1 aliphatic heterocycles. The minimum atomic E-state index is -0.709. The standard InChI is InChI=1S/C9H14N2OS2/c12-14(5-8-1-2-10-3-8)6-9-4-11-7-13-9/h4,7-8,10H,1-3,5-6H2/t8-,14-/m1/s1. The molecule has 0 bridgehead atoms. The molecule has 0 aliphatic carbocycles. The highest BCUT2D eigenvalue weighted by molar-refractivity contribution is 7.84. The Morgan fingerprint density at radius 2 is 2.64 bits per heavy atom. The first kappa shape index (κ1) is 10.3. The van der Waals surface area contributed by atoms with E-state index in [9.17, 15) is 4.21 Å². The zero-order valence-electron chi connectivity index (χ0n) is 7.94. The number of hydrogen-bond donors (Lipinski definition) is 1. The summed E-state index contributed by atoms with van der Waals surface area (Å²) >= 11 is 1.59. The summed E-state index contributed by atoms with van der Waals surface area (Å²) < 4.78 is 11.7. The molecule has 3 nitrogen and oxygen atoms in total. The van der Waals surface area contributed by atoms with Crippen LogP contribution in [-0.2, 0) is 16.6 Å². The molecule has 2 rings (SSSR count). The Labute approximate surface area is 90.4 Å². The molecule has 0 radical (unpaired) electrons. The second-order valence-corrected chi connectivity index (χ2v) is 6.05. The molecule has 1 aromatic heterocycles. The van der Waals surface area contributed by atoms with Gasteiger partial charge in [-0.2, -0.15) is 0 Å². The summed E-state index contributed by atoms with van der Waals surface area (Å²) in [5, 5.41) is 3.29. The molecule has 1 aliphatic rings. The van der Waals surface area contributed by atoms with Crippen molar-refractivity contribution in [3.05, 3.63) is 16.6 Å². The fourth-order valence-corrected chi connectivity index (χ4v) is 4.02. The van der Waals surface area contributed by atoms with Crippen molar-refractivity contribution in [2.75, 3.05) is 18.8 Å². The Kier molecular flexibility index (Phi) is 3.67. The van der Waals surface area contributed by atoms with E-state index in [1.54, 1.807) is 16.8 Å². The lowest BCUT2D eigenvalue weighted by Crippen LogP contribution is -2.15. The Morgan fingerprint density at radius 3 is 3.29 bits per heavy atom. The monoisotopic (exact) mass is 230 g/mol. The third-order valence-electron chi connectivity index (χ3n) is 2.37. The van der Waals surface area contributed by atoms with E-state index in [0.29, 0.717) is 11.7 Å². The third-order valence-corrected chi connectivity index (χ3v) is 4.81. The Morgan fingerprint density at radius 1 is 1.71 bits per heavy atom. The predicted molar refractivity (Wildman–Crippen MR) is 59.8 cm³/mol. The molecule has 2 atom stereocenters. The highest BCUT2D eigenvalue weighted by atomic mass is 32.2. The van der Waals surface area contributed by atoms with Gasteiger partial charge >= 0.3 is 0 Å². The van der Waals surface area contributed by atoms with E-state index in [1.165, 1.54) is 6.42 Å². The van der Waals surface area contributed by atoms with Crippen molar-refractivity contribution in [2.24, 2.45) is 5.92 Å². The van der Waals surface area contributed by atoms with Gasteiger partial charge in [0.2, 0.25) is 0 Å². The van der Waals surface area contributed by atoms with Crippen molar-refractivity contribution in [3.63, 3.8) is 0 Å². The zero-order chi connectivity index (χ0) is 9.80. The van der Waals surface area contributed by atoms with E-state index in [4.69, 9.17) is 0 Å². The highest BCUT2D eigenvalue weighted by Crippen LogP contribution is 2.13. The largest absolute Gasteiger partial charge is 0.316 e. The highest BCUT2D eigenvalue weighted by Gasteiger charge is 2.17. The van der Waals surface area contributed by atoms with Gasteiger partial charge < -0.3 is 5.32 Å². The van der Waals surface area contributed by atoms with E-state index < -0.39 is 10.8 Å².